The van der Waals surface area contributed by atoms with Crippen LogP contribution in [-0.2, 0) is 16.0 Å². The highest BCUT2D eigenvalue weighted by Gasteiger charge is 2.46. The Bertz CT molecular complexity index is 1400. The number of ether oxygens (including phenoxy) is 2. The fourth-order valence-corrected chi connectivity index (χ4v) is 4.42. The van der Waals surface area contributed by atoms with Crippen molar-refractivity contribution in [3.63, 3.8) is 0 Å². The van der Waals surface area contributed by atoms with Crippen molar-refractivity contribution in [2.24, 2.45) is 0 Å². The molecule has 4 rings (SSSR count). The number of methoxy groups -OCH3 is 2. The van der Waals surface area contributed by atoms with Crippen LogP contribution in [0.3, 0.4) is 0 Å². The molecule has 1 unspecified atom stereocenters. The first-order valence-electron chi connectivity index (χ1n) is 11.6. The number of aliphatic hydroxyl groups is 1. The Labute approximate surface area is 213 Å². The minimum Gasteiger partial charge on any atom is -0.507 e. The molecular weight excluding hydrogens is 476 g/mol. The number of nitro groups is 1. The van der Waals surface area contributed by atoms with E-state index in [1.54, 1.807) is 42.5 Å². The number of ketones is 1. The minimum atomic E-state index is -0.999. The summed E-state index contributed by atoms with van der Waals surface area (Å²) in [6.45, 7) is 2.01. The maximum atomic E-state index is 13.2. The molecule has 0 aliphatic carbocycles. The number of hydrogen-bond acceptors (Lipinski definition) is 7. The molecule has 0 saturated carbocycles. The van der Waals surface area contributed by atoms with Crippen molar-refractivity contribution in [2.75, 3.05) is 20.8 Å². The van der Waals surface area contributed by atoms with Crippen LogP contribution in [0.4, 0.5) is 5.69 Å². The third-order valence-corrected chi connectivity index (χ3v) is 6.35. The SMILES string of the molecule is COc1ccc(CCN2C(=O)C(=O)/C(=C(\O)c3ccc(C)cc3)C2c2cccc([N+](=O)[O-])c2)cc1OC. The lowest BCUT2D eigenvalue weighted by atomic mass is 9.94. The predicted octanol–water partition coefficient (Wildman–Crippen LogP) is 4.58. The van der Waals surface area contributed by atoms with Crippen LogP contribution < -0.4 is 9.47 Å². The molecule has 1 aliphatic rings. The molecule has 9 nitrogen and oxygen atoms in total. The van der Waals surface area contributed by atoms with Crippen molar-refractivity contribution in [3.05, 3.63) is 105 Å². The van der Waals surface area contributed by atoms with Crippen LogP contribution in [0.15, 0.2) is 72.3 Å². The van der Waals surface area contributed by atoms with E-state index in [2.05, 4.69) is 0 Å². The zero-order valence-electron chi connectivity index (χ0n) is 20.6. The smallest absolute Gasteiger partial charge is 0.295 e. The van der Waals surface area contributed by atoms with Gasteiger partial charge in [-0.05, 0) is 36.6 Å². The van der Waals surface area contributed by atoms with Gasteiger partial charge in [0, 0.05) is 24.2 Å². The Morgan fingerprint density at radius 1 is 1.00 bits per heavy atom. The number of carbonyl (C=O) groups excluding carboxylic acids is 2. The summed E-state index contributed by atoms with van der Waals surface area (Å²) in [5.74, 6) is -0.881. The summed E-state index contributed by atoms with van der Waals surface area (Å²) < 4.78 is 10.6. The van der Waals surface area contributed by atoms with Crippen LogP contribution in [0.25, 0.3) is 5.76 Å². The number of hydrogen-bond donors (Lipinski definition) is 1. The number of non-ortho nitro benzene ring substituents is 1. The molecule has 1 N–H and O–H groups in total. The molecule has 0 spiro atoms. The first-order chi connectivity index (χ1) is 17.7. The number of rotatable bonds is 8. The number of aryl methyl sites for hydroxylation is 1. The molecule has 3 aromatic carbocycles. The quantitative estimate of drug-likeness (QED) is 0.157. The van der Waals surface area contributed by atoms with Gasteiger partial charge in [-0.3, -0.25) is 19.7 Å². The van der Waals surface area contributed by atoms with Crippen molar-refractivity contribution < 1.29 is 29.1 Å². The fourth-order valence-electron chi connectivity index (χ4n) is 4.42. The Hall–Kier alpha value is -4.66. The Kier molecular flexibility index (Phi) is 7.24. The largest absolute Gasteiger partial charge is 0.507 e. The molecular formula is C28H26N2O7. The van der Waals surface area contributed by atoms with Gasteiger partial charge in [0.25, 0.3) is 17.4 Å². The molecule has 37 heavy (non-hydrogen) atoms. The van der Waals surface area contributed by atoms with Crippen molar-refractivity contribution in [1.82, 2.24) is 4.90 Å². The number of carbonyl (C=O) groups is 2. The van der Waals surface area contributed by atoms with Crippen LogP contribution in [-0.4, -0.2) is 47.4 Å². The highest BCUT2D eigenvalue weighted by Crippen LogP contribution is 2.40. The summed E-state index contributed by atoms with van der Waals surface area (Å²) in [4.78, 5) is 38.7. The molecule has 0 bridgehead atoms. The molecule has 190 valence electrons. The van der Waals surface area contributed by atoms with E-state index in [-0.39, 0.29) is 23.6 Å². The zero-order chi connectivity index (χ0) is 26.7. The van der Waals surface area contributed by atoms with Gasteiger partial charge in [0.2, 0.25) is 0 Å². The van der Waals surface area contributed by atoms with Gasteiger partial charge in [0.1, 0.15) is 5.76 Å². The lowest BCUT2D eigenvalue weighted by Gasteiger charge is -2.25. The van der Waals surface area contributed by atoms with E-state index in [4.69, 9.17) is 9.47 Å². The van der Waals surface area contributed by atoms with Gasteiger partial charge in [-0.1, -0.05) is 48.0 Å². The average molecular weight is 503 g/mol. The second-order valence-corrected chi connectivity index (χ2v) is 8.65. The second-order valence-electron chi connectivity index (χ2n) is 8.65. The molecule has 0 aromatic heterocycles. The summed E-state index contributed by atoms with van der Waals surface area (Å²) >= 11 is 0. The summed E-state index contributed by atoms with van der Waals surface area (Å²) in [7, 11) is 3.05. The Morgan fingerprint density at radius 2 is 1.70 bits per heavy atom. The fraction of sp³-hybridized carbons (Fsp3) is 0.214. The summed E-state index contributed by atoms with van der Waals surface area (Å²) in [6.07, 6.45) is 0.364. The van der Waals surface area contributed by atoms with E-state index in [0.29, 0.717) is 29.0 Å². The lowest BCUT2D eigenvalue weighted by Crippen LogP contribution is -2.31. The molecule has 1 atom stereocenters. The monoisotopic (exact) mass is 502 g/mol. The Balaban J connectivity index is 1.78. The van der Waals surface area contributed by atoms with E-state index in [9.17, 15) is 24.8 Å². The topological polar surface area (TPSA) is 119 Å². The average Bonchev–Trinajstić information content (AvgIpc) is 3.16. The van der Waals surface area contributed by atoms with Gasteiger partial charge >= 0.3 is 0 Å². The molecule has 1 heterocycles. The predicted molar refractivity (Wildman–Crippen MR) is 137 cm³/mol. The maximum absolute atomic E-state index is 13.2. The van der Waals surface area contributed by atoms with Crippen LogP contribution >= 0.6 is 0 Å². The molecule has 1 saturated heterocycles. The van der Waals surface area contributed by atoms with E-state index in [1.807, 2.05) is 13.0 Å². The van der Waals surface area contributed by atoms with E-state index in [0.717, 1.165) is 11.1 Å². The van der Waals surface area contributed by atoms with Crippen molar-refractivity contribution in [2.45, 2.75) is 19.4 Å². The van der Waals surface area contributed by atoms with E-state index in [1.165, 1.54) is 37.3 Å². The van der Waals surface area contributed by atoms with Gasteiger partial charge < -0.3 is 19.5 Å². The highest BCUT2D eigenvalue weighted by atomic mass is 16.6. The molecule has 1 aliphatic heterocycles. The third kappa shape index (κ3) is 5.02. The number of likely N-dealkylation sites (tertiary alicyclic amines) is 1. The standard InChI is InChI=1S/C28H26N2O7/c1-17-7-10-19(11-8-17)26(31)24-25(20-5-4-6-21(16-20)30(34)35)29(28(33)27(24)32)14-13-18-9-12-22(36-2)23(15-18)37-3/h4-12,15-16,25,31H,13-14H2,1-3H3/b26-24-. The molecule has 0 radical (unpaired) electrons. The number of aliphatic hydroxyl groups excluding tert-OH is 1. The summed E-state index contributed by atoms with van der Waals surface area (Å²) in [5.41, 5.74) is 2.23. The first-order valence-corrected chi connectivity index (χ1v) is 11.6. The van der Waals surface area contributed by atoms with Crippen molar-refractivity contribution in [3.8, 4) is 11.5 Å². The maximum Gasteiger partial charge on any atom is 0.295 e. The summed E-state index contributed by atoms with van der Waals surface area (Å²) in [6, 6.07) is 17.0. The van der Waals surface area contributed by atoms with Gasteiger partial charge in [-0.2, -0.15) is 0 Å². The minimum absolute atomic E-state index is 0.110. The number of nitro benzene ring substituents is 1. The second kappa shape index (κ2) is 10.5. The highest BCUT2D eigenvalue weighted by molar-refractivity contribution is 6.46. The van der Waals surface area contributed by atoms with Gasteiger partial charge in [0.05, 0.1) is 30.8 Å². The van der Waals surface area contributed by atoms with E-state index >= 15 is 0 Å². The molecule has 1 amide bonds. The number of benzene rings is 3. The summed E-state index contributed by atoms with van der Waals surface area (Å²) in [5, 5.41) is 22.6. The van der Waals surface area contributed by atoms with E-state index < -0.39 is 22.7 Å². The van der Waals surface area contributed by atoms with Crippen LogP contribution in [0.5, 0.6) is 11.5 Å². The normalized spacial score (nSPS) is 16.6. The molecule has 1 fully saturated rings. The Morgan fingerprint density at radius 3 is 2.35 bits per heavy atom. The third-order valence-electron chi connectivity index (χ3n) is 6.35. The number of Topliss-reactive ketones (excluding diaryl/α,β-unsaturated/α-hetero) is 1. The van der Waals surface area contributed by atoms with Crippen LogP contribution in [0, 0.1) is 17.0 Å². The van der Waals surface area contributed by atoms with Gasteiger partial charge in [-0.15, -0.1) is 0 Å². The van der Waals surface area contributed by atoms with Crippen LogP contribution in [0.1, 0.15) is 28.3 Å². The van der Waals surface area contributed by atoms with Crippen LogP contribution in [0.2, 0.25) is 0 Å². The zero-order valence-corrected chi connectivity index (χ0v) is 20.6. The lowest BCUT2D eigenvalue weighted by molar-refractivity contribution is -0.384. The number of amides is 1. The van der Waals surface area contributed by atoms with Crippen molar-refractivity contribution in [1.29, 1.82) is 0 Å². The first kappa shape index (κ1) is 25.4. The van der Waals surface area contributed by atoms with Crippen molar-refractivity contribution >= 4 is 23.1 Å². The molecule has 3 aromatic rings. The van der Waals surface area contributed by atoms with Gasteiger partial charge in [-0.25, -0.2) is 0 Å². The number of nitrogens with zero attached hydrogens (tertiary/aromatic N) is 2. The van der Waals surface area contributed by atoms with Gasteiger partial charge in [0.15, 0.2) is 11.5 Å². The molecule has 9 heteroatoms.